The van der Waals surface area contributed by atoms with Gasteiger partial charge >= 0.3 is 0 Å². The van der Waals surface area contributed by atoms with E-state index in [1.807, 2.05) is 19.1 Å². The lowest BCUT2D eigenvalue weighted by atomic mass is 10.0. The van der Waals surface area contributed by atoms with Crippen molar-refractivity contribution < 1.29 is 9.53 Å². The number of aromatic nitrogens is 1. The van der Waals surface area contributed by atoms with Gasteiger partial charge in [0.2, 0.25) is 0 Å². The van der Waals surface area contributed by atoms with E-state index in [9.17, 15) is 14.9 Å². The summed E-state index contributed by atoms with van der Waals surface area (Å²) in [6, 6.07) is 12.5. The predicted molar refractivity (Wildman–Crippen MR) is 159 cm³/mol. The second-order valence-corrected chi connectivity index (χ2v) is 11.8. The van der Waals surface area contributed by atoms with Gasteiger partial charge in [-0.1, -0.05) is 54.3 Å². The second-order valence-electron chi connectivity index (χ2n) is 10.1. The zero-order valence-electron chi connectivity index (χ0n) is 22.4. The van der Waals surface area contributed by atoms with Crippen molar-refractivity contribution in [3.8, 4) is 6.07 Å². The summed E-state index contributed by atoms with van der Waals surface area (Å²) < 4.78 is 7.93. The molecule has 1 aromatic carbocycles. The highest BCUT2D eigenvalue weighted by atomic mass is 32.2. The molecule has 10 heteroatoms. The number of nitriles is 1. The molecule has 0 saturated carbocycles. The van der Waals surface area contributed by atoms with E-state index in [1.165, 1.54) is 17.3 Å². The number of benzene rings is 1. The molecular weight excluding hydrogens is 530 g/mol. The zero-order chi connectivity index (χ0) is 27.5. The molecule has 1 atom stereocenters. The Bertz CT molecular complexity index is 1380. The van der Waals surface area contributed by atoms with Gasteiger partial charge in [0.15, 0.2) is 0 Å². The van der Waals surface area contributed by atoms with Crippen LogP contribution in [0.5, 0.6) is 0 Å². The monoisotopic (exact) mass is 563 g/mol. The molecule has 8 nitrogen and oxygen atoms in total. The Kier molecular flexibility index (Phi) is 8.52. The minimum Gasteiger partial charge on any atom is -0.376 e. The first-order valence-electron chi connectivity index (χ1n) is 13.5. The van der Waals surface area contributed by atoms with E-state index in [1.54, 1.807) is 16.4 Å². The number of thiocarbonyl (C=S) groups is 1. The smallest absolute Gasteiger partial charge is 0.270 e. The fourth-order valence-corrected chi connectivity index (χ4v) is 6.77. The summed E-state index contributed by atoms with van der Waals surface area (Å²) in [7, 11) is 0. The van der Waals surface area contributed by atoms with Crippen LogP contribution in [0.3, 0.4) is 0 Å². The molecule has 0 aliphatic carbocycles. The van der Waals surface area contributed by atoms with Crippen molar-refractivity contribution in [3.63, 3.8) is 0 Å². The molecule has 0 radical (unpaired) electrons. The van der Waals surface area contributed by atoms with Crippen LogP contribution >= 0.6 is 24.0 Å². The van der Waals surface area contributed by atoms with Crippen LogP contribution in [0.15, 0.2) is 40.0 Å². The first kappa shape index (κ1) is 27.6. The number of ether oxygens (including phenoxy) is 1. The second kappa shape index (κ2) is 12.0. The van der Waals surface area contributed by atoms with E-state index in [2.05, 4.69) is 40.1 Å². The normalized spacial score (nSPS) is 21.3. The van der Waals surface area contributed by atoms with Gasteiger partial charge in [-0.25, -0.2) is 0 Å². The summed E-state index contributed by atoms with van der Waals surface area (Å²) in [6.07, 6.45) is 3.75. The standard InChI is InChI=1S/C29H33N5O3S2/c1-3-33-26(32-13-11-31(12-14-32)18-21-8-5-4-6-9-21)23(20(2)24(17-30)27(33)35)16-25-28(36)34(29(38)39-25)19-22-10-7-15-37-22/h4-6,8-9,16,22H,3,7,10-15,18-19H2,1-2H3/b25-16-. The number of amides is 1. The Hall–Kier alpha value is -2.97. The van der Waals surface area contributed by atoms with E-state index in [0.717, 1.165) is 56.9 Å². The Morgan fingerprint density at radius 2 is 1.92 bits per heavy atom. The number of nitrogens with zero attached hydrogens (tertiary/aromatic N) is 5. The lowest BCUT2D eigenvalue weighted by molar-refractivity contribution is -0.123. The molecule has 3 aliphatic rings. The number of thioether (sulfide) groups is 1. The van der Waals surface area contributed by atoms with Crippen LogP contribution in [0.4, 0.5) is 5.82 Å². The lowest BCUT2D eigenvalue weighted by Crippen LogP contribution is -2.48. The SMILES string of the molecule is CCn1c(N2CCN(Cc3ccccc3)CC2)c(/C=C2\SC(=S)N(CC3CCCO3)C2=O)c(C)c(C#N)c1=O. The van der Waals surface area contributed by atoms with Crippen molar-refractivity contribution in [3.05, 3.63) is 67.8 Å². The van der Waals surface area contributed by atoms with Crippen molar-refractivity contribution in [2.45, 2.75) is 45.9 Å². The number of hydrogen-bond acceptors (Lipinski definition) is 8. The molecule has 2 aromatic rings. The maximum Gasteiger partial charge on any atom is 0.270 e. The lowest BCUT2D eigenvalue weighted by Gasteiger charge is -2.38. The third-order valence-electron chi connectivity index (χ3n) is 7.64. The Balaban J connectivity index is 1.47. The summed E-state index contributed by atoms with van der Waals surface area (Å²) in [5.74, 6) is 0.619. The molecule has 1 amide bonds. The molecular formula is C29H33N5O3S2. The first-order chi connectivity index (χ1) is 18.9. The fourth-order valence-electron chi connectivity index (χ4n) is 5.52. The van der Waals surface area contributed by atoms with Crippen LogP contribution in [0, 0.1) is 18.3 Å². The largest absolute Gasteiger partial charge is 0.376 e. The van der Waals surface area contributed by atoms with Gasteiger partial charge in [0, 0.05) is 51.4 Å². The topological polar surface area (TPSA) is 81.8 Å². The molecule has 0 bridgehead atoms. The molecule has 3 aliphatic heterocycles. The van der Waals surface area contributed by atoms with Gasteiger partial charge in [-0.3, -0.25) is 24.0 Å². The minimum atomic E-state index is -0.290. The summed E-state index contributed by atoms with van der Waals surface area (Å²) in [6.45, 7) is 9.34. The van der Waals surface area contributed by atoms with Gasteiger partial charge in [-0.15, -0.1) is 0 Å². The molecule has 0 spiro atoms. The fraction of sp³-hybridized carbons (Fsp3) is 0.448. The van der Waals surface area contributed by atoms with E-state index < -0.39 is 0 Å². The number of anilines is 1. The van der Waals surface area contributed by atoms with Crippen molar-refractivity contribution in [1.29, 1.82) is 5.26 Å². The number of rotatable bonds is 7. The van der Waals surface area contributed by atoms with Crippen molar-refractivity contribution in [2.24, 2.45) is 0 Å². The van der Waals surface area contributed by atoms with Crippen molar-refractivity contribution in [1.82, 2.24) is 14.4 Å². The van der Waals surface area contributed by atoms with Gasteiger partial charge in [-0.05, 0) is 43.9 Å². The van der Waals surface area contributed by atoms with Crippen molar-refractivity contribution >= 4 is 46.1 Å². The van der Waals surface area contributed by atoms with Gasteiger partial charge in [0.1, 0.15) is 21.8 Å². The zero-order valence-corrected chi connectivity index (χ0v) is 24.0. The van der Waals surface area contributed by atoms with Gasteiger partial charge < -0.3 is 9.64 Å². The molecule has 39 heavy (non-hydrogen) atoms. The minimum absolute atomic E-state index is 0.00326. The van der Waals surface area contributed by atoms with Crippen LogP contribution < -0.4 is 10.5 Å². The number of carbonyl (C=O) groups is 1. The number of hydrogen-bond donors (Lipinski definition) is 0. The Labute approximate surface area is 238 Å². The molecule has 204 valence electrons. The summed E-state index contributed by atoms with van der Waals surface area (Å²) in [5, 5.41) is 9.86. The molecule has 4 heterocycles. The number of pyridine rings is 1. The third kappa shape index (κ3) is 5.68. The number of piperazine rings is 1. The molecule has 1 aromatic heterocycles. The van der Waals surface area contributed by atoms with E-state index in [-0.39, 0.29) is 23.1 Å². The van der Waals surface area contributed by atoms with Crippen LogP contribution in [0.2, 0.25) is 0 Å². The summed E-state index contributed by atoms with van der Waals surface area (Å²) >= 11 is 6.84. The molecule has 1 unspecified atom stereocenters. The quantitative estimate of drug-likeness (QED) is 0.372. The van der Waals surface area contributed by atoms with Crippen LogP contribution in [-0.2, 0) is 22.6 Å². The molecule has 0 N–H and O–H groups in total. The average molecular weight is 564 g/mol. The van der Waals surface area contributed by atoms with Gasteiger partial charge in [0.05, 0.1) is 17.6 Å². The molecule has 3 fully saturated rings. The highest BCUT2D eigenvalue weighted by Gasteiger charge is 2.35. The van der Waals surface area contributed by atoms with Crippen molar-refractivity contribution in [2.75, 3.05) is 44.2 Å². The maximum absolute atomic E-state index is 13.4. The maximum atomic E-state index is 13.4. The van der Waals surface area contributed by atoms with Gasteiger partial charge in [0.25, 0.3) is 11.5 Å². The predicted octanol–water partition coefficient (Wildman–Crippen LogP) is 3.75. The molecule has 3 saturated heterocycles. The summed E-state index contributed by atoms with van der Waals surface area (Å²) in [5.41, 5.74) is 2.43. The highest BCUT2D eigenvalue weighted by molar-refractivity contribution is 8.26. The van der Waals surface area contributed by atoms with Crippen LogP contribution in [0.25, 0.3) is 6.08 Å². The van der Waals surface area contributed by atoms with Gasteiger partial charge in [-0.2, -0.15) is 5.26 Å². The third-order valence-corrected chi connectivity index (χ3v) is 9.02. The number of carbonyl (C=O) groups excluding carboxylic acids is 1. The highest BCUT2D eigenvalue weighted by Crippen LogP contribution is 2.36. The first-order valence-corrected chi connectivity index (χ1v) is 14.7. The van der Waals surface area contributed by atoms with Crippen LogP contribution in [0.1, 0.15) is 42.0 Å². The Morgan fingerprint density at radius 1 is 1.18 bits per heavy atom. The van der Waals surface area contributed by atoms with E-state index in [4.69, 9.17) is 17.0 Å². The molecule has 5 rings (SSSR count). The Morgan fingerprint density at radius 3 is 2.56 bits per heavy atom. The van der Waals surface area contributed by atoms with Crippen LogP contribution in [-0.4, -0.2) is 70.0 Å². The average Bonchev–Trinajstić information content (AvgIpc) is 3.55. The van der Waals surface area contributed by atoms with E-state index in [0.29, 0.717) is 34.5 Å². The van der Waals surface area contributed by atoms with E-state index >= 15 is 0 Å². The summed E-state index contributed by atoms with van der Waals surface area (Å²) in [4.78, 5) is 33.5.